The van der Waals surface area contributed by atoms with E-state index < -0.39 is 40.0 Å². The van der Waals surface area contributed by atoms with Crippen LogP contribution in [0.5, 0.6) is 5.75 Å². The van der Waals surface area contributed by atoms with E-state index in [1.165, 1.54) is 12.1 Å². The van der Waals surface area contributed by atoms with E-state index >= 15 is 0 Å². The molecule has 0 spiro atoms. The predicted octanol–water partition coefficient (Wildman–Crippen LogP) is 3.91. The average molecular weight is 433 g/mol. The van der Waals surface area contributed by atoms with E-state index in [4.69, 9.17) is 4.74 Å². The summed E-state index contributed by atoms with van der Waals surface area (Å²) in [5.41, 5.74) is 0.0747. The maximum Gasteiger partial charge on any atom is 0.264 e. The number of ether oxygens (including phenoxy) is 1. The fourth-order valence-corrected chi connectivity index (χ4v) is 4.35. The number of para-hydroxylation sites is 2. The number of halogens is 2. The second-order valence-electron chi connectivity index (χ2n) is 6.70. The van der Waals surface area contributed by atoms with E-state index in [2.05, 4.69) is 0 Å². The second kappa shape index (κ2) is 9.23. The summed E-state index contributed by atoms with van der Waals surface area (Å²) < 4.78 is 61.3. The third kappa shape index (κ3) is 4.95. The molecule has 5 nitrogen and oxygen atoms in total. The van der Waals surface area contributed by atoms with Crippen LogP contribution < -0.4 is 9.04 Å². The minimum atomic E-state index is -4.36. The van der Waals surface area contributed by atoms with Gasteiger partial charge < -0.3 is 9.84 Å². The van der Waals surface area contributed by atoms with Gasteiger partial charge in [-0.3, -0.25) is 4.31 Å². The van der Waals surface area contributed by atoms with Crippen LogP contribution in [0, 0.1) is 18.6 Å². The number of sulfonamides is 1. The fraction of sp³-hybridized carbons (Fsp3) is 0.182. The van der Waals surface area contributed by atoms with Gasteiger partial charge in [-0.2, -0.15) is 0 Å². The average Bonchev–Trinajstić information content (AvgIpc) is 2.72. The summed E-state index contributed by atoms with van der Waals surface area (Å²) in [6, 6.07) is 17.5. The normalized spacial score (nSPS) is 12.4. The van der Waals surface area contributed by atoms with Gasteiger partial charge in [0.2, 0.25) is 0 Å². The van der Waals surface area contributed by atoms with Gasteiger partial charge >= 0.3 is 0 Å². The molecule has 0 saturated carbocycles. The van der Waals surface area contributed by atoms with Crippen molar-refractivity contribution < 1.29 is 27.0 Å². The van der Waals surface area contributed by atoms with Crippen molar-refractivity contribution in [2.45, 2.75) is 17.9 Å². The zero-order valence-electron chi connectivity index (χ0n) is 16.2. The molecular weight excluding hydrogens is 412 g/mol. The van der Waals surface area contributed by atoms with Crippen molar-refractivity contribution in [1.82, 2.24) is 0 Å². The highest BCUT2D eigenvalue weighted by Gasteiger charge is 2.31. The first-order valence-corrected chi connectivity index (χ1v) is 10.6. The molecule has 0 bridgehead atoms. The van der Waals surface area contributed by atoms with Gasteiger partial charge in [0, 0.05) is 0 Å². The molecule has 0 fully saturated rings. The molecule has 0 aromatic heterocycles. The van der Waals surface area contributed by atoms with Crippen molar-refractivity contribution in [1.29, 1.82) is 0 Å². The molecular formula is C22H21F2NO4S. The predicted molar refractivity (Wildman–Crippen MR) is 110 cm³/mol. The number of anilines is 1. The first-order chi connectivity index (χ1) is 14.3. The molecule has 3 rings (SSSR count). The van der Waals surface area contributed by atoms with Gasteiger partial charge in [0.1, 0.15) is 24.1 Å². The third-order valence-corrected chi connectivity index (χ3v) is 6.14. The lowest BCUT2D eigenvalue weighted by molar-refractivity contribution is 0.115. The van der Waals surface area contributed by atoms with Crippen LogP contribution in [0.3, 0.4) is 0 Å². The standard InChI is InChI=1S/C22H21F2NO4S/c1-16-10-12-19(13-11-16)30(27,28)25(22-20(23)8-5-9-21(22)24)14-17(26)15-29-18-6-3-2-4-7-18/h2-13,17,26H,14-15H2,1H3. The number of hydrogen-bond donors (Lipinski definition) is 1. The lowest BCUT2D eigenvalue weighted by atomic mass is 10.2. The maximum atomic E-state index is 14.5. The smallest absolute Gasteiger partial charge is 0.264 e. The van der Waals surface area contributed by atoms with Gasteiger partial charge in [0.15, 0.2) is 11.6 Å². The second-order valence-corrected chi connectivity index (χ2v) is 8.56. The summed E-state index contributed by atoms with van der Waals surface area (Å²) in [5, 5.41) is 10.4. The lowest BCUT2D eigenvalue weighted by Gasteiger charge is -2.27. The molecule has 0 radical (unpaired) electrons. The Bertz CT molecular complexity index is 1070. The molecule has 0 aliphatic carbocycles. The molecule has 30 heavy (non-hydrogen) atoms. The first-order valence-electron chi connectivity index (χ1n) is 9.18. The molecule has 8 heteroatoms. The highest BCUT2D eigenvalue weighted by molar-refractivity contribution is 7.92. The Morgan fingerprint density at radius 1 is 0.933 bits per heavy atom. The molecule has 0 aliphatic heterocycles. The van der Waals surface area contributed by atoms with Crippen LogP contribution in [0.25, 0.3) is 0 Å². The number of hydrogen-bond acceptors (Lipinski definition) is 4. The molecule has 0 saturated heterocycles. The molecule has 0 heterocycles. The van der Waals surface area contributed by atoms with Crippen LogP contribution >= 0.6 is 0 Å². The Kier molecular flexibility index (Phi) is 6.69. The molecule has 1 unspecified atom stereocenters. The Hall–Kier alpha value is -2.97. The zero-order valence-corrected chi connectivity index (χ0v) is 17.0. The van der Waals surface area contributed by atoms with Crippen LogP contribution in [0.2, 0.25) is 0 Å². The van der Waals surface area contributed by atoms with Gasteiger partial charge in [-0.15, -0.1) is 0 Å². The summed E-state index contributed by atoms with van der Waals surface area (Å²) in [6.07, 6.45) is -1.34. The quantitative estimate of drug-likeness (QED) is 0.585. The number of aliphatic hydroxyl groups excluding tert-OH is 1. The summed E-state index contributed by atoms with van der Waals surface area (Å²) in [6.45, 7) is 0.927. The monoisotopic (exact) mass is 433 g/mol. The van der Waals surface area contributed by atoms with Gasteiger partial charge in [0.05, 0.1) is 11.4 Å². The summed E-state index contributed by atoms with van der Waals surface area (Å²) in [4.78, 5) is -0.146. The molecule has 3 aromatic rings. The topological polar surface area (TPSA) is 66.8 Å². The van der Waals surface area contributed by atoms with Crippen molar-refractivity contribution in [3.8, 4) is 5.75 Å². The molecule has 3 aromatic carbocycles. The zero-order chi connectivity index (χ0) is 21.7. The van der Waals surface area contributed by atoms with Crippen LogP contribution in [0.4, 0.5) is 14.5 Å². The van der Waals surface area contributed by atoms with E-state index in [1.807, 2.05) is 0 Å². The van der Waals surface area contributed by atoms with Crippen molar-refractivity contribution in [2.75, 3.05) is 17.5 Å². The molecule has 0 amide bonds. The van der Waals surface area contributed by atoms with Crippen LogP contribution in [0.15, 0.2) is 77.7 Å². The highest BCUT2D eigenvalue weighted by Crippen LogP contribution is 2.29. The van der Waals surface area contributed by atoms with E-state index in [0.717, 1.165) is 23.8 Å². The Balaban J connectivity index is 1.92. The number of benzene rings is 3. The number of rotatable bonds is 8. The molecule has 1 atom stereocenters. The SMILES string of the molecule is Cc1ccc(S(=O)(=O)N(CC(O)COc2ccccc2)c2c(F)cccc2F)cc1. The van der Waals surface area contributed by atoms with Gasteiger partial charge in [-0.1, -0.05) is 42.0 Å². The number of aryl methyl sites for hydroxylation is 1. The van der Waals surface area contributed by atoms with Crippen molar-refractivity contribution in [3.05, 3.63) is 90.0 Å². The molecule has 158 valence electrons. The Morgan fingerprint density at radius 2 is 1.53 bits per heavy atom. The van der Waals surface area contributed by atoms with Gasteiger partial charge in [-0.25, -0.2) is 17.2 Å². The number of nitrogens with zero attached hydrogens (tertiary/aromatic N) is 1. The summed E-state index contributed by atoms with van der Waals surface area (Å²) in [7, 11) is -4.36. The van der Waals surface area contributed by atoms with Crippen molar-refractivity contribution in [3.63, 3.8) is 0 Å². The molecule has 1 N–H and O–H groups in total. The van der Waals surface area contributed by atoms with Crippen LogP contribution in [-0.4, -0.2) is 32.8 Å². The lowest BCUT2D eigenvalue weighted by Crippen LogP contribution is -2.40. The first kappa shape index (κ1) is 21.7. The van der Waals surface area contributed by atoms with Gasteiger partial charge in [0.25, 0.3) is 10.0 Å². The Labute approximate surface area is 174 Å². The van der Waals surface area contributed by atoms with Crippen LogP contribution in [0.1, 0.15) is 5.56 Å². The largest absolute Gasteiger partial charge is 0.491 e. The van der Waals surface area contributed by atoms with Gasteiger partial charge in [-0.05, 0) is 43.3 Å². The van der Waals surface area contributed by atoms with Crippen LogP contribution in [-0.2, 0) is 10.0 Å². The van der Waals surface area contributed by atoms with E-state index in [1.54, 1.807) is 49.4 Å². The number of aliphatic hydroxyl groups is 1. The van der Waals surface area contributed by atoms with E-state index in [0.29, 0.717) is 10.1 Å². The third-order valence-electron chi connectivity index (χ3n) is 4.36. The van der Waals surface area contributed by atoms with E-state index in [9.17, 15) is 22.3 Å². The molecule has 0 aliphatic rings. The summed E-state index contributed by atoms with van der Waals surface area (Å²) >= 11 is 0. The van der Waals surface area contributed by atoms with Crippen molar-refractivity contribution >= 4 is 15.7 Å². The minimum absolute atomic E-state index is 0.146. The Morgan fingerprint density at radius 3 is 2.13 bits per heavy atom. The maximum absolute atomic E-state index is 14.5. The summed E-state index contributed by atoms with van der Waals surface area (Å²) in [5.74, 6) is -1.63. The fourth-order valence-electron chi connectivity index (χ4n) is 2.83. The highest BCUT2D eigenvalue weighted by atomic mass is 32.2. The minimum Gasteiger partial charge on any atom is -0.491 e. The van der Waals surface area contributed by atoms with Crippen molar-refractivity contribution in [2.24, 2.45) is 0 Å². The van der Waals surface area contributed by atoms with E-state index in [-0.39, 0.29) is 11.5 Å².